The van der Waals surface area contributed by atoms with Crippen molar-refractivity contribution in [2.45, 2.75) is 0 Å². The number of aromatic nitrogens is 2. The van der Waals surface area contributed by atoms with Gasteiger partial charge in [-0.15, -0.1) is 0 Å². The third kappa shape index (κ3) is 2.20. The molecule has 0 atom stereocenters. The van der Waals surface area contributed by atoms with Gasteiger partial charge in [0.05, 0.1) is 24.6 Å². The third-order valence-corrected chi connectivity index (χ3v) is 3.74. The summed E-state index contributed by atoms with van der Waals surface area (Å²) < 4.78 is 10.6. The van der Waals surface area contributed by atoms with Gasteiger partial charge in [-0.25, -0.2) is 0 Å². The molecule has 0 spiro atoms. The minimum atomic E-state index is -0.214. The molecule has 23 heavy (non-hydrogen) atoms. The maximum Gasteiger partial charge on any atom is 0.271 e. The zero-order chi connectivity index (χ0) is 15.8. The first kappa shape index (κ1) is 13.4. The molecule has 0 fully saturated rings. The van der Waals surface area contributed by atoms with Crippen LogP contribution in [0.2, 0.25) is 0 Å². The number of ether oxygens (including phenoxy) is 1. The van der Waals surface area contributed by atoms with Crippen molar-refractivity contribution < 1.29 is 9.15 Å². The Morgan fingerprint density at radius 1 is 1.26 bits per heavy atom. The molecule has 1 aliphatic rings. The van der Waals surface area contributed by atoms with Gasteiger partial charge < -0.3 is 9.15 Å². The summed E-state index contributed by atoms with van der Waals surface area (Å²) in [6.07, 6.45) is 5.10. The van der Waals surface area contributed by atoms with E-state index in [-0.39, 0.29) is 5.56 Å². The van der Waals surface area contributed by atoms with Crippen LogP contribution >= 0.6 is 0 Å². The molecule has 0 unspecified atom stereocenters. The number of aliphatic imine (C=N–C) groups is 1. The van der Waals surface area contributed by atoms with Gasteiger partial charge in [-0.05, 0) is 36.4 Å². The summed E-state index contributed by atoms with van der Waals surface area (Å²) in [5, 5.41) is 5.44. The largest absolute Gasteiger partial charge is 0.497 e. The molecule has 2 aromatic heterocycles. The van der Waals surface area contributed by atoms with Gasteiger partial charge in [-0.2, -0.15) is 0 Å². The van der Waals surface area contributed by atoms with Crippen LogP contribution in [0.3, 0.4) is 0 Å². The van der Waals surface area contributed by atoms with Crippen molar-refractivity contribution in [3.63, 3.8) is 0 Å². The second-order valence-corrected chi connectivity index (χ2v) is 5.09. The van der Waals surface area contributed by atoms with Crippen molar-refractivity contribution in [2.75, 3.05) is 7.11 Å². The van der Waals surface area contributed by atoms with Gasteiger partial charge in [0, 0.05) is 17.4 Å². The smallest absolute Gasteiger partial charge is 0.271 e. The van der Waals surface area contributed by atoms with Crippen molar-refractivity contribution in [1.29, 1.82) is 0 Å². The lowest BCUT2D eigenvalue weighted by Gasteiger charge is -2.03. The van der Waals surface area contributed by atoms with E-state index in [1.54, 1.807) is 37.8 Å². The lowest BCUT2D eigenvalue weighted by molar-refractivity contribution is 0.415. The molecule has 0 saturated heterocycles. The highest BCUT2D eigenvalue weighted by Crippen LogP contribution is 2.35. The summed E-state index contributed by atoms with van der Waals surface area (Å²) >= 11 is 0. The highest BCUT2D eigenvalue weighted by molar-refractivity contribution is 6.21. The maximum atomic E-state index is 12.1. The Bertz CT molecular complexity index is 975. The minimum absolute atomic E-state index is 0.214. The highest BCUT2D eigenvalue weighted by Gasteiger charge is 2.17. The number of hydrogen-bond donors (Lipinski definition) is 2. The van der Waals surface area contributed by atoms with Gasteiger partial charge >= 0.3 is 0 Å². The highest BCUT2D eigenvalue weighted by atomic mass is 16.5. The Kier molecular flexibility index (Phi) is 3.01. The summed E-state index contributed by atoms with van der Waals surface area (Å²) in [4.78, 5) is 16.5. The van der Waals surface area contributed by atoms with Crippen molar-refractivity contribution in [3.8, 4) is 17.2 Å². The van der Waals surface area contributed by atoms with E-state index in [4.69, 9.17) is 9.15 Å². The first-order valence-corrected chi connectivity index (χ1v) is 7.05. The molecule has 6 heteroatoms. The number of fused-ring (bicyclic) bond motifs is 1. The standard InChI is InChI=1S/C17H13N3O3/c1-22-11-4-5-14-12(8-11)10(9-18-14)7-13-16(19-20-17(13)21)15-3-2-6-23-15/h2-9H,1H3,(H2,19,20,21)/b10-7+. The molecule has 114 valence electrons. The van der Waals surface area contributed by atoms with E-state index < -0.39 is 0 Å². The molecule has 6 nitrogen and oxygen atoms in total. The number of benzene rings is 1. The lowest BCUT2D eigenvalue weighted by Crippen LogP contribution is -2.02. The molecular weight excluding hydrogens is 294 g/mol. The molecule has 0 radical (unpaired) electrons. The van der Waals surface area contributed by atoms with Crippen LogP contribution in [0.5, 0.6) is 5.75 Å². The summed E-state index contributed by atoms with van der Waals surface area (Å²) in [7, 11) is 1.62. The predicted octanol–water partition coefficient (Wildman–Crippen LogP) is 3.23. The number of nitrogens with zero attached hydrogens (tertiary/aromatic N) is 1. The van der Waals surface area contributed by atoms with Crippen LogP contribution in [-0.4, -0.2) is 23.5 Å². The van der Waals surface area contributed by atoms with E-state index in [2.05, 4.69) is 15.2 Å². The molecule has 3 aromatic rings. The van der Waals surface area contributed by atoms with Crippen LogP contribution in [0, 0.1) is 0 Å². The van der Waals surface area contributed by atoms with Crippen molar-refractivity contribution in [2.24, 2.45) is 4.99 Å². The number of furan rings is 1. The number of methoxy groups -OCH3 is 1. The van der Waals surface area contributed by atoms with Crippen LogP contribution in [-0.2, 0) is 0 Å². The Morgan fingerprint density at radius 3 is 2.96 bits per heavy atom. The molecule has 1 aromatic carbocycles. The van der Waals surface area contributed by atoms with Gasteiger partial charge in [0.2, 0.25) is 0 Å². The van der Waals surface area contributed by atoms with Crippen molar-refractivity contribution >= 4 is 23.6 Å². The van der Waals surface area contributed by atoms with Crippen molar-refractivity contribution in [3.05, 3.63) is 58.1 Å². The summed E-state index contributed by atoms with van der Waals surface area (Å²) in [5.41, 5.74) is 3.51. The van der Waals surface area contributed by atoms with Gasteiger partial charge in [0.1, 0.15) is 11.4 Å². The average Bonchev–Trinajstić information content (AvgIpc) is 3.29. The fraction of sp³-hybridized carbons (Fsp3) is 0.0588. The number of allylic oxidation sites excluding steroid dienone is 1. The van der Waals surface area contributed by atoms with E-state index in [0.29, 0.717) is 17.0 Å². The number of aromatic amines is 2. The lowest BCUT2D eigenvalue weighted by atomic mass is 10.0. The average molecular weight is 307 g/mol. The molecule has 1 aliphatic heterocycles. The van der Waals surface area contributed by atoms with E-state index in [9.17, 15) is 4.79 Å². The molecule has 0 bridgehead atoms. The van der Waals surface area contributed by atoms with Crippen LogP contribution in [0.25, 0.3) is 23.1 Å². The predicted molar refractivity (Wildman–Crippen MR) is 88.1 cm³/mol. The van der Waals surface area contributed by atoms with E-state index in [0.717, 1.165) is 22.6 Å². The Balaban J connectivity index is 1.84. The zero-order valence-corrected chi connectivity index (χ0v) is 12.3. The number of nitrogens with one attached hydrogen (secondary N) is 2. The van der Waals surface area contributed by atoms with E-state index >= 15 is 0 Å². The van der Waals surface area contributed by atoms with Crippen LogP contribution < -0.4 is 10.3 Å². The molecule has 2 N–H and O–H groups in total. The topological polar surface area (TPSA) is 83.4 Å². The van der Waals surface area contributed by atoms with E-state index in [1.807, 2.05) is 18.2 Å². The summed E-state index contributed by atoms with van der Waals surface area (Å²) in [6.45, 7) is 0. The fourth-order valence-electron chi connectivity index (χ4n) is 2.59. The summed E-state index contributed by atoms with van der Waals surface area (Å²) in [5.74, 6) is 1.34. The summed E-state index contributed by atoms with van der Waals surface area (Å²) in [6, 6.07) is 9.22. The first-order chi connectivity index (χ1) is 11.3. The molecular formula is C17H13N3O3. The van der Waals surface area contributed by atoms with Gasteiger partial charge in [-0.3, -0.25) is 20.0 Å². The molecule has 0 amide bonds. The Morgan fingerprint density at radius 2 is 2.17 bits per heavy atom. The van der Waals surface area contributed by atoms with E-state index in [1.165, 1.54) is 0 Å². The molecule has 0 saturated carbocycles. The van der Waals surface area contributed by atoms with Gasteiger partial charge in [0.25, 0.3) is 5.56 Å². The Hall–Kier alpha value is -3.28. The second-order valence-electron chi connectivity index (χ2n) is 5.09. The third-order valence-electron chi connectivity index (χ3n) is 3.74. The SMILES string of the molecule is COc1ccc2c(c1)/C(=C/c1c(-c3ccco3)[nH][nH]c1=O)C=N2. The molecule has 4 rings (SSSR count). The molecule has 0 aliphatic carbocycles. The number of rotatable bonds is 3. The van der Waals surface area contributed by atoms with Crippen LogP contribution in [0.4, 0.5) is 5.69 Å². The van der Waals surface area contributed by atoms with Crippen LogP contribution in [0.15, 0.2) is 50.8 Å². The van der Waals surface area contributed by atoms with Crippen LogP contribution in [0.1, 0.15) is 11.1 Å². The van der Waals surface area contributed by atoms with Gasteiger partial charge in [-0.1, -0.05) is 0 Å². The second kappa shape index (κ2) is 5.17. The minimum Gasteiger partial charge on any atom is -0.497 e. The monoisotopic (exact) mass is 307 g/mol. The normalized spacial score (nSPS) is 14.4. The maximum absolute atomic E-state index is 12.1. The zero-order valence-electron chi connectivity index (χ0n) is 12.3. The number of H-pyrrole nitrogens is 2. The Labute approximate surface area is 131 Å². The molecule has 3 heterocycles. The quantitative estimate of drug-likeness (QED) is 0.779. The first-order valence-electron chi connectivity index (χ1n) is 7.05. The fourth-order valence-corrected chi connectivity index (χ4v) is 2.59. The van der Waals surface area contributed by atoms with Gasteiger partial charge in [0.15, 0.2) is 5.76 Å². The van der Waals surface area contributed by atoms with Crippen molar-refractivity contribution in [1.82, 2.24) is 10.2 Å². The number of hydrogen-bond acceptors (Lipinski definition) is 4.